The number of aromatic carboxylic acids is 1. The van der Waals surface area contributed by atoms with Gasteiger partial charge in [-0.2, -0.15) is 48.3 Å². The first kappa shape index (κ1) is 23.8. The fraction of sp³-hybridized carbons (Fsp3) is 0.308. The van der Waals surface area contributed by atoms with Crippen LogP contribution in [0.25, 0.3) is 0 Å². The van der Waals surface area contributed by atoms with Crippen LogP contribution in [0.1, 0.15) is 10.4 Å². The Morgan fingerprint density at radius 2 is 1.39 bits per heavy atom. The molecule has 28 heavy (non-hydrogen) atoms. The second-order valence-electron chi connectivity index (χ2n) is 4.89. The number of halogens is 12. The average Bonchev–Trinajstić information content (AvgIpc) is 2.51. The maximum atomic E-state index is 13.4. The number of carboxylic acid groups (broad SMARTS) is 1. The van der Waals surface area contributed by atoms with Gasteiger partial charge in [0.25, 0.3) is 0 Å². The molecule has 3 nitrogen and oxygen atoms in total. The Balaban J connectivity index is 3.38. The smallest absolute Gasteiger partial charge is 0.460 e. The molecule has 0 amide bonds. The van der Waals surface area contributed by atoms with E-state index in [-0.39, 0.29) is 0 Å². The third kappa shape index (κ3) is 4.10. The normalized spacial score (nSPS) is 14.6. The Kier molecular flexibility index (Phi) is 6.20. The van der Waals surface area contributed by atoms with Gasteiger partial charge in [-0.25, -0.2) is 4.79 Å². The Morgan fingerprint density at radius 3 is 1.82 bits per heavy atom. The molecule has 1 aromatic rings. The second-order valence-corrected chi connectivity index (χ2v) is 5.33. The van der Waals surface area contributed by atoms with Gasteiger partial charge >= 0.3 is 35.9 Å². The fourth-order valence-electron chi connectivity index (χ4n) is 1.53. The lowest BCUT2D eigenvalue weighted by Gasteiger charge is -2.32. The SMILES string of the molecule is O=C(O)c1cc(Cl)cc(OC(F)=C(F)C(F)(F)C(F)(F)C(F)(F)C(F)(F)F)c1. The summed E-state index contributed by atoms with van der Waals surface area (Å²) in [5.41, 5.74) is -0.781. The summed E-state index contributed by atoms with van der Waals surface area (Å²) < 4.78 is 144. The Labute approximate surface area is 151 Å². The van der Waals surface area contributed by atoms with Crippen LogP contribution in [-0.4, -0.2) is 35.0 Å². The highest BCUT2D eigenvalue weighted by Crippen LogP contribution is 2.55. The van der Waals surface area contributed by atoms with E-state index in [2.05, 4.69) is 4.74 Å². The molecule has 1 N–H and O–H groups in total. The van der Waals surface area contributed by atoms with Crippen molar-refractivity contribution in [1.82, 2.24) is 0 Å². The van der Waals surface area contributed by atoms with Crippen LogP contribution >= 0.6 is 11.6 Å². The van der Waals surface area contributed by atoms with Gasteiger partial charge in [0.1, 0.15) is 5.75 Å². The molecule has 0 aromatic heterocycles. The minimum absolute atomic E-state index is 0.335. The van der Waals surface area contributed by atoms with Crippen molar-refractivity contribution in [2.45, 2.75) is 23.9 Å². The van der Waals surface area contributed by atoms with Crippen LogP contribution in [0.5, 0.6) is 5.75 Å². The molecule has 0 unspecified atom stereocenters. The van der Waals surface area contributed by atoms with Crippen LogP contribution in [0.15, 0.2) is 30.0 Å². The quantitative estimate of drug-likeness (QED) is 0.426. The van der Waals surface area contributed by atoms with Crippen LogP contribution in [0.2, 0.25) is 5.02 Å². The first-order chi connectivity index (χ1) is 12.4. The number of carboxylic acids is 1. The van der Waals surface area contributed by atoms with Gasteiger partial charge in [0.05, 0.1) is 5.56 Å². The summed E-state index contributed by atoms with van der Waals surface area (Å²) in [5, 5.41) is 8.12. The van der Waals surface area contributed by atoms with Crippen LogP contribution in [-0.2, 0) is 0 Å². The third-order valence-corrected chi connectivity index (χ3v) is 3.14. The van der Waals surface area contributed by atoms with Crippen molar-refractivity contribution < 1.29 is 62.9 Å². The molecule has 0 saturated heterocycles. The molecule has 0 aliphatic rings. The van der Waals surface area contributed by atoms with Crippen LogP contribution < -0.4 is 4.74 Å². The van der Waals surface area contributed by atoms with Crippen molar-refractivity contribution in [3.8, 4) is 5.75 Å². The topological polar surface area (TPSA) is 46.5 Å². The first-order valence-electron chi connectivity index (χ1n) is 6.34. The van der Waals surface area contributed by atoms with Crippen LogP contribution in [0.3, 0.4) is 0 Å². The molecule has 0 aliphatic heterocycles. The molecule has 0 radical (unpaired) electrons. The summed E-state index contributed by atoms with van der Waals surface area (Å²) in [6.07, 6.45) is -7.24. The van der Waals surface area contributed by atoms with E-state index >= 15 is 0 Å². The summed E-state index contributed by atoms with van der Waals surface area (Å²) in [4.78, 5) is 10.7. The highest BCUT2D eigenvalue weighted by Gasteiger charge is 2.83. The zero-order valence-electron chi connectivity index (χ0n) is 12.5. The molecule has 0 aliphatic carbocycles. The van der Waals surface area contributed by atoms with Gasteiger partial charge in [-0.1, -0.05) is 11.6 Å². The number of allylic oxidation sites excluding steroid dienone is 1. The van der Waals surface area contributed by atoms with E-state index in [1.807, 2.05) is 0 Å². The standard InChI is InChI=1S/C13H4ClF11O3/c14-5-1-4(9(26)27)2-6(3-5)28-8(16)7(15)10(17,18)11(19,20)12(21,22)13(23,24)25/h1-3H,(H,26,27). The monoisotopic (exact) mass is 452 g/mol. The molecule has 1 rings (SSSR count). The number of ether oxygens (including phenoxy) is 1. The molecule has 0 heterocycles. The van der Waals surface area contributed by atoms with Gasteiger partial charge in [-0.3, -0.25) is 0 Å². The molecule has 15 heteroatoms. The summed E-state index contributed by atoms with van der Waals surface area (Å²) >= 11 is 5.36. The zero-order valence-corrected chi connectivity index (χ0v) is 13.3. The van der Waals surface area contributed by atoms with Gasteiger partial charge in [0.15, 0.2) is 0 Å². The number of carbonyl (C=O) groups is 1. The number of rotatable bonds is 6. The van der Waals surface area contributed by atoms with Crippen LogP contribution in [0, 0.1) is 0 Å². The molecule has 0 spiro atoms. The second kappa shape index (κ2) is 7.29. The lowest BCUT2D eigenvalue weighted by Crippen LogP contribution is -2.61. The molecule has 0 atom stereocenters. The lowest BCUT2D eigenvalue weighted by atomic mass is 10.0. The van der Waals surface area contributed by atoms with E-state index < -0.39 is 58.1 Å². The maximum Gasteiger partial charge on any atom is 0.460 e. The molecule has 1 aromatic carbocycles. The van der Waals surface area contributed by atoms with Crippen molar-refractivity contribution in [2.24, 2.45) is 0 Å². The van der Waals surface area contributed by atoms with E-state index in [4.69, 9.17) is 16.7 Å². The molecular formula is C13H4ClF11O3. The highest BCUT2D eigenvalue weighted by molar-refractivity contribution is 6.31. The van der Waals surface area contributed by atoms with Crippen molar-refractivity contribution in [1.29, 1.82) is 0 Å². The van der Waals surface area contributed by atoms with Gasteiger partial charge in [-0.05, 0) is 18.2 Å². The minimum Gasteiger partial charge on any atom is -0.478 e. The van der Waals surface area contributed by atoms with E-state index in [1.54, 1.807) is 0 Å². The molecular weight excluding hydrogens is 449 g/mol. The minimum atomic E-state index is -7.45. The number of alkyl halides is 9. The van der Waals surface area contributed by atoms with Gasteiger partial charge < -0.3 is 9.84 Å². The number of hydrogen-bond acceptors (Lipinski definition) is 2. The van der Waals surface area contributed by atoms with Crippen molar-refractivity contribution >= 4 is 17.6 Å². The zero-order chi connectivity index (χ0) is 22.3. The summed E-state index contributed by atoms with van der Waals surface area (Å²) in [5.74, 6) is -28.9. The van der Waals surface area contributed by atoms with Crippen molar-refractivity contribution in [2.75, 3.05) is 0 Å². The number of hydrogen-bond donors (Lipinski definition) is 1. The predicted molar refractivity (Wildman–Crippen MR) is 69.2 cm³/mol. The highest BCUT2D eigenvalue weighted by atomic mass is 35.5. The summed E-state index contributed by atoms with van der Waals surface area (Å²) in [6.45, 7) is 0. The average molecular weight is 453 g/mol. The first-order valence-corrected chi connectivity index (χ1v) is 6.71. The van der Waals surface area contributed by atoms with Crippen molar-refractivity contribution in [3.63, 3.8) is 0 Å². The largest absolute Gasteiger partial charge is 0.478 e. The maximum absolute atomic E-state index is 13.4. The van der Waals surface area contributed by atoms with Gasteiger partial charge in [0, 0.05) is 5.02 Å². The molecule has 0 bridgehead atoms. The molecule has 0 saturated carbocycles. The van der Waals surface area contributed by atoms with Gasteiger partial charge in [-0.15, -0.1) is 0 Å². The van der Waals surface area contributed by atoms with E-state index in [1.165, 1.54) is 0 Å². The van der Waals surface area contributed by atoms with E-state index in [0.29, 0.717) is 18.2 Å². The molecule has 0 fully saturated rings. The lowest BCUT2D eigenvalue weighted by molar-refractivity contribution is -0.392. The summed E-state index contributed by atoms with van der Waals surface area (Å²) in [7, 11) is 0. The number of benzene rings is 1. The Bertz CT molecular complexity index is 801. The Hall–Kier alpha value is -2.25. The summed E-state index contributed by atoms with van der Waals surface area (Å²) in [6, 6.07) is -1.81. The van der Waals surface area contributed by atoms with Crippen LogP contribution in [0.4, 0.5) is 48.3 Å². The molecule has 158 valence electrons. The fourth-order valence-corrected chi connectivity index (χ4v) is 1.75. The van der Waals surface area contributed by atoms with E-state index in [0.717, 1.165) is 0 Å². The van der Waals surface area contributed by atoms with Gasteiger partial charge in [0.2, 0.25) is 5.83 Å². The predicted octanol–water partition coefficient (Wildman–Crippen LogP) is 5.99. The Morgan fingerprint density at radius 1 is 0.893 bits per heavy atom. The van der Waals surface area contributed by atoms with Crippen molar-refractivity contribution in [3.05, 3.63) is 40.6 Å². The van der Waals surface area contributed by atoms with E-state index in [9.17, 15) is 53.1 Å². The third-order valence-electron chi connectivity index (χ3n) is 2.92.